The minimum absolute atomic E-state index is 0.296. The van der Waals surface area contributed by atoms with Gasteiger partial charge in [-0.2, -0.15) is 5.26 Å². The van der Waals surface area contributed by atoms with Crippen molar-refractivity contribution in [3.63, 3.8) is 0 Å². The highest BCUT2D eigenvalue weighted by molar-refractivity contribution is 7.14. The van der Waals surface area contributed by atoms with Gasteiger partial charge in [0.25, 0.3) is 11.8 Å². The Morgan fingerprint density at radius 1 is 1.00 bits per heavy atom. The number of nitriles is 1. The second-order valence-corrected chi connectivity index (χ2v) is 6.85. The van der Waals surface area contributed by atoms with Crippen molar-refractivity contribution < 1.29 is 9.59 Å². The first kappa shape index (κ1) is 16.2. The summed E-state index contributed by atoms with van der Waals surface area (Å²) in [5.41, 5.74) is 7.00. The number of aryl methyl sites for hydroxylation is 2. The number of nitrogens with zero attached hydrogens (tertiary/aromatic N) is 1. The maximum atomic E-state index is 12.2. The first-order valence-corrected chi connectivity index (χ1v) is 8.71. The summed E-state index contributed by atoms with van der Waals surface area (Å²) in [6, 6.07) is 10.2. The van der Waals surface area contributed by atoms with Gasteiger partial charge >= 0.3 is 0 Å². The third-order valence-corrected chi connectivity index (χ3v) is 5.27. The molecule has 0 aliphatic heterocycles. The van der Waals surface area contributed by atoms with Crippen LogP contribution in [0.15, 0.2) is 30.3 Å². The third-order valence-electron chi connectivity index (χ3n) is 4.04. The van der Waals surface area contributed by atoms with Gasteiger partial charge in [0, 0.05) is 10.4 Å². The lowest BCUT2D eigenvalue weighted by atomic mass is 10.1. The molecule has 2 N–H and O–H groups in total. The molecular weight excluding hydrogens is 322 g/mol. The van der Waals surface area contributed by atoms with Crippen LogP contribution < -0.4 is 10.9 Å². The van der Waals surface area contributed by atoms with Gasteiger partial charge in [0.1, 0.15) is 0 Å². The van der Waals surface area contributed by atoms with Crippen LogP contribution in [-0.2, 0) is 12.8 Å². The molecule has 5 nitrogen and oxygen atoms in total. The van der Waals surface area contributed by atoms with Crippen molar-refractivity contribution in [3.8, 4) is 6.07 Å². The van der Waals surface area contributed by atoms with Gasteiger partial charge in [0.15, 0.2) is 0 Å². The molecule has 0 saturated heterocycles. The summed E-state index contributed by atoms with van der Waals surface area (Å²) in [5.74, 6) is -0.707. The Kier molecular flexibility index (Phi) is 4.92. The number of hydrazine groups is 1. The predicted molar refractivity (Wildman–Crippen MR) is 91.7 cm³/mol. The zero-order valence-electron chi connectivity index (χ0n) is 13.1. The topological polar surface area (TPSA) is 82.0 Å². The van der Waals surface area contributed by atoms with Crippen molar-refractivity contribution in [2.24, 2.45) is 0 Å². The lowest BCUT2D eigenvalue weighted by Gasteiger charge is -2.06. The third kappa shape index (κ3) is 3.63. The van der Waals surface area contributed by atoms with E-state index in [0.717, 1.165) is 12.8 Å². The molecule has 1 aliphatic carbocycles. The van der Waals surface area contributed by atoms with Crippen molar-refractivity contribution >= 4 is 23.2 Å². The molecular formula is C18H17N3O2S. The molecule has 0 unspecified atom stereocenters. The van der Waals surface area contributed by atoms with E-state index in [1.54, 1.807) is 24.3 Å². The van der Waals surface area contributed by atoms with Crippen molar-refractivity contribution in [3.05, 3.63) is 56.8 Å². The van der Waals surface area contributed by atoms with Crippen LogP contribution in [0, 0.1) is 11.3 Å². The van der Waals surface area contributed by atoms with Crippen LogP contribution in [0.3, 0.4) is 0 Å². The van der Waals surface area contributed by atoms with Gasteiger partial charge < -0.3 is 0 Å². The van der Waals surface area contributed by atoms with Crippen LogP contribution in [0.4, 0.5) is 0 Å². The Morgan fingerprint density at radius 3 is 2.46 bits per heavy atom. The van der Waals surface area contributed by atoms with Crippen LogP contribution in [0.1, 0.15) is 55.3 Å². The molecule has 0 atom stereocenters. The van der Waals surface area contributed by atoms with Gasteiger partial charge in [0.2, 0.25) is 0 Å². The molecule has 1 aromatic heterocycles. The number of hydrogen-bond donors (Lipinski definition) is 2. The Labute approximate surface area is 144 Å². The Morgan fingerprint density at radius 2 is 1.71 bits per heavy atom. The van der Waals surface area contributed by atoms with Gasteiger partial charge in [-0.25, -0.2) is 0 Å². The quantitative estimate of drug-likeness (QED) is 0.652. The van der Waals surface area contributed by atoms with Gasteiger partial charge in [-0.05, 0) is 61.6 Å². The molecule has 3 rings (SSSR count). The molecule has 6 heteroatoms. The summed E-state index contributed by atoms with van der Waals surface area (Å²) in [5, 5.41) is 8.75. The fourth-order valence-corrected chi connectivity index (χ4v) is 3.87. The first-order chi connectivity index (χ1) is 11.7. The number of carbonyl (C=O) groups excluding carboxylic acids is 2. The predicted octanol–water partition coefficient (Wildman–Crippen LogP) is 2.96. The minimum Gasteiger partial charge on any atom is -0.267 e. The standard InChI is InChI=1S/C18H17N3O2S/c19-11-12-6-8-13(9-7-12)17(22)20-21-18(23)16-10-14-4-2-1-3-5-15(14)24-16/h6-10H,1-5H2,(H,20,22)(H,21,23). The maximum Gasteiger partial charge on any atom is 0.279 e. The lowest BCUT2D eigenvalue weighted by molar-refractivity contribution is 0.0849. The Balaban J connectivity index is 1.60. The zero-order chi connectivity index (χ0) is 16.9. The van der Waals surface area contributed by atoms with E-state index in [1.165, 1.54) is 41.0 Å². The minimum atomic E-state index is -0.411. The summed E-state index contributed by atoms with van der Waals surface area (Å²) in [7, 11) is 0. The van der Waals surface area contributed by atoms with Crippen LogP contribution >= 0.6 is 11.3 Å². The Hall–Kier alpha value is -2.65. The number of hydrogen-bond acceptors (Lipinski definition) is 4. The number of thiophene rings is 1. The molecule has 0 spiro atoms. The molecule has 0 saturated carbocycles. The van der Waals surface area contributed by atoms with Crippen LogP contribution in [0.2, 0.25) is 0 Å². The SMILES string of the molecule is N#Cc1ccc(C(=O)NNC(=O)c2cc3c(s2)CCCCC3)cc1. The fraction of sp³-hybridized carbons (Fsp3) is 0.278. The normalized spacial score (nSPS) is 13.3. The highest BCUT2D eigenvalue weighted by Gasteiger charge is 2.17. The van der Waals surface area contributed by atoms with E-state index in [2.05, 4.69) is 10.9 Å². The summed E-state index contributed by atoms with van der Waals surface area (Å²) >= 11 is 1.51. The number of rotatable bonds is 2. The Bertz CT molecular complexity index is 779. The molecule has 1 aliphatic rings. The molecule has 2 aromatic rings. The van der Waals surface area contributed by atoms with Crippen LogP contribution in [0.25, 0.3) is 0 Å². The molecule has 1 heterocycles. The van der Waals surface area contributed by atoms with E-state index in [4.69, 9.17) is 5.26 Å². The smallest absolute Gasteiger partial charge is 0.267 e. The molecule has 0 radical (unpaired) electrons. The van der Waals surface area contributed by atoms with Gasteiger partial charge in [-0.3, -0.25) is 20.4 Å². The summed E-state index contributed by atoms with van der Waals surface area (Å²) in [6.07, 6.45) is 5.63. The van der Waals surface area contributed by atoms with Crippen molar-refractivity contribution in [1.29, 1.82) is 5.26 Å². The fourth-order valence-electron chi connectivity index (χ4n) is 2.72. The van der Waals surface area contributed by atoms with Crippen molar-refractivity contribution in [2.45, 2.75) is 32.1 Å². The van der Waals surface area contributed by atoms with E-state index >= 15 is 0 Å². The average Bonchev–Trinajstić information content (AvgIpc) is 2.90. The monoisotopic (exact) mass is 339 g/mol. The second kappa shape index (κ2) is 7.28. The van der Waals surface area contributed by atoms with Gasteiger partial charge in [0.05, 0.1) is 16.5 Å². The summed E-state index contributed by atoms with van der Waals surface area (Å²) in [4.78, 5) is 26.2. The number of benzene rings is 1. The number of fused-ring (bicyclic) bond motifs is 1. The molecule has 0 bridgehead atoms. The van der Waals surface area contributed by atoms with Crippen molar-refractivity contribution in [2.75, 3.05) is 0 Å². The highest BCUT2D eigenvalue weighted by Crippen LogP contribution is 2.28. The highest BCUT2D eigenvalue weighted by atomic mass is 32.1. The zero-order valence-corrected chi connectivity index (χ0v) is 13.9. The lowest BCUT2D eigenvalue weighted by Crippen LogP contribution is -2.41. The van der Waals surface area contributed by atoms with Crippen LogP contribution in [-0.4, -0.2) is 11.8 Å². The number of nitrogens with one attached hydrogen (secondary N) is 2. The second-order valence-electron chi connectivity index (χ2n) is 5.72. The first-order valence-electron chi connectivity index (χ1n) is 7.90. The van der Waals surface area contributed by atoms with E-state index < -0.39 is 5.91 Å². The molecule has 1 aromatic carbocycles. The van der Waals surface area contributed by atoms with Crippen molar-refractivity contribution in [1.82, 2.24) is 10.9 Å². The number of amides is 2. The van der Waals surface area contributed by atoms with Crippen LogP contribution in [0.5, 0.6) is 0 Å². The molecule has 122 valence electrons. The van der Waals surface area contributed by atoms with E-state index in [1.807, 2.05) is 12.1 Å². The maximum absolute atomic E-state index is 12.2. The van der Waals surface area contributed by atoms with E-state index in [-0.39, 0.29) is 5.91 Å². The van der Waals surface area contributed by atoms with Gasteiger partial charge in [-0.1, -0.05) is 6.42 Å². The average molecular weight is 339 g/mol. The van der Waals surface area contributed by atoms with E-state index in [9.17, 15) is 9.59 Å². The van der Waals surface area contributed by atoms with Gasteiger partial charge in [-0.15, -0.1) is 11.3 Å². The largest absolute Gasteiger partial charge is 0.279 e. The molecule has 0 fully saturated rings. The number of carbonyl (C=O) groups is 2. The summed E-state index contributed by atoms with van der Waals surface area (Å²) < 4.78 is 0. The van der Waals surface area contributed by atoms with E-state index in [0.29, 0.717) is 16.0 Å². The summed E-state index contributed by atoms with van der Waals surface area (Å²) in [6.45, 7) is 0. The molecule has 24 heavy (non-hydrogen) atoms. The molecule has 2 amide bonds.